The van der Waals surface area contributed by atoms with Crippen LogP contribution in [-0.2, 0) is 0 Å². The Bertz CT molecular complexity index is 1050. The van der Waals surface area contributed by atoms with Crippen LogP contribution >= 0.6 is 0 Å². The highest BCUT2D eigenvalue weighted by Gasteiger charge is 2.37. The first-order chi connectivity index (χ1) is 16.9. The molecule has 2 aromatic rings. The van der Waals surface area contributed by atoms with Crippen LogP contribution in [0, 0.1) is 0 Å². The van der Waals surface area contributed by atoms with Gasteiger partial charge in [-0.2, -0.15) is 0 Å². The smallest absolute Gasteiger partial charge is 0.200 e. The average molecular weight is 489 g/mol. The van der Waals surface area contributed by atoms with Gasteiger partial charge in [0.25, 0.3) is 0 Å². The van der Waals surface area contributed by atoms with Crippen LogP contribution in [0.25, 0.3) is 0 Å². The molecule has 1 aliphatic rings. The summed E-state index contributed by atoms with van der Waals surface area (Å²) in [5.74, 6) is -1.95. The molecule has 0 bridgehead atoms. The van der Waals surface area contributed by atoms with E-state index < -0.39 is 17.3 Å². The number of carbonyl (C=O) groups is 2. The highest BCUT2D eigenvalue weighted by atomic mass is 16.3. The summed E-state index contributed by atoms with van der Waals surface area (Å²) in [7, 11) is 0. The van der Waals surface area contributed by atoms with Gasteiger partial charge in [-0.15, -0.1) is 0 Å². The number of anilines is 2. The van der Waals surface area contributed by atoms with Crippen molar-refractivity contribution in [2.45, 2.75) is 0 Å². The number of aromatic hydroxyl groups is 2. The molecule has 0 aromatic heterocycles. The maximum atomic E-state index is 13.5. The van der Waals surface area contributed by atoms with Crippen molar-refractivity contribution in [3.8, 4) is 11.5 Å². The Kier molecular flexibility index (Phi) is 9.40. The van der Waals surface area contributed by atoms with Gasteiger partial charge >= 0.3 is 0 Å². The van der Waals surface area contributed by atoms with Crippen molar-refractivity contribution in [2.75, 3.05) is 76.3 Å². The van der Waals surface area contributed by atoms with Crippen LogP contribution < -0.4 is 16.0 Å². The van der Waals surface area contributed by atoms with Crippen molar-refractivity contribution >= 4 is 22.9 Å². The van der Waals surface area contributed by atoms with Crippen molar-refractivity contribution in [1.82, 2.24) is 10.2 Å². The molecule has 3 rings (SSSR count). The van der Waals surface area contributed by atoms with E-state index in [1.807, 2.05) is 4.90 Å². The summed E-state index contributed by atoms with van der Waals surface area (Å²) in [5.41, 5.74) is 0.507. The molecule has 0 fully saturated rings. The monoisotopic (exact) mass is 488 g/mol. The SMILES string of the molecule is O=C1c2c(O)ccc(O)c2C(=O)c2c(NCCN(CCO)CCO)ccc(NCCNCCO)c21. The minimum atomic E-state index is -0.588. The fraction of sp³-hybridized carbons (Fsp3) is 0.417. The lowest BCUT2D eigenvalue weighted by Crippen LogP contribution is -2.34. The van der Waals surface area contributed by atoms with Gasteiger partial charge < -0.3 is 41.5 Å². The summed E-state index contributed by atoms with van der Waals surface area (Å²) in [6.07, 6.45) is 0. The van der Waals surface area contributed by atoms with Crippen LogP contribution in [0.1, 0.15) is 31.8 Å². The molecule has 2 aromatic carbocycles. The first kappa shape index (κ1) is 26.4. The minimum Gasteiger partial charge on any atom is -0.507 e. The molecule has 0 atom stereocenters. The van der Waals surface area contributed by atoms with Crippen molar-refractivity contribution in [3.05, 3.63) is 46.5 Å². The second-order valence-electron chi connectivity index (χ2n) is 8.04. The van der Waals surface area contributed by atoms with Crippen LogP contribution in [0.15, 0.2) is 24.3 Å². The van der Waals surface area contributed by atoms with Gasteiger partial charge in [0.1, 0.15) is 11.5 Å². The molecule has 0 unspecified atom stereocenters. The summed E-state index contributed by atoms with van der Waals surface area (Å²) in [4.78, 5) is 28.8. The number of hydrogen-bond acceptors (Lipinski definition) is 11. The Labute approximate surface area is 203 Å². The van der Waals surface area contributed by atoms with E-state index in [-0.39, 0.29) is 47.8 Å². The summed E-state index contributed by atoms with van der Waals surface area (Å²) in [5, 5.41) is 57.3. The standard InChI is InChI=1S/C24H32N4O7/c29-12-8-25-5-6-26-15-1-2-16(27-7-9-28(10-13-30)11-14-31)20-19(15)23(34)21-17(32)3-4-18(33)22(21)24(20)35/h1-4,25-27,29-33H,5-14H2. The Hall–Kier alpha value is -3.22. The molecule has 0 radical (unpaired) electrons. The molecular weight excluding hydrogens is 456 g/mol. The van der Waals surface area contributed by atoms with Crippen LogP contribution in [0.5, 0.6) is 11.5 Å². The first-order valence-electron chi connectivity index (χ1n) is 11.5. The molecule has 0 saturated heterocycles. The maximum absolute atomic E-state index is 13.5. The third-order valence-corrected chi connectivity index (χ3v) is 5.76. The largest absolute Gasteiger partial charge is 0.507 e. The van der Waals surface area contributed by atoms with Crippen LogP contribution in [0.3, 0.4) is 0 Å². The lowest BCUT2D eigenvalue weighted by molar-refractivity contribution is 0.0975. The van der Waals surface area contributed by atoms with E-state index >= 15 is 0 Å². The van der Waals surface area contributed by atoms with E-state index in [9.17, 15) is 30.0 Å². The van der Waals surface area contributed by atoms with Crippen LogP contribution in [0.4, 0.5) is 11.4 Å². The summed E-state index contributed by atoms with van der Waals surface area (Å²) in [6.45, 7) is 2.81. The van der Waals surface area contributed by atoms with Gasteiger partial charge in [0.2, 0.25) is 11.6 Å². The normalized spacial score (nSPS) is 12.6. The summed E-state index contributed by atoms with van der Waals surface area (Å²) >= 11 is 0. The average Bonchev–Trinajstić information content (AvgIpc) is 2.84. The Morgan fingerprint density at radius 3 is 1.60 bits per heavy atom. The number of aliphatic hydroxyl groups is 3. The molecular formula is C24H32N4O7. The third kappa shape index (κ3) is 5.89. The van der Waals surface area contributed by atoms with Crippen molar-refractivity contribution in [3.63, 3.8) is 0 Å². The predicted molar refractivity (Wildman–Crippen MR) is 131 cm³/mol. The number of nitrogens with one attached hydrogen (secondary N) is 3. The number of rotatable bonds is 14. The Morgan fingerprint density at radius 2 is 1.11 bits per heavy atom. The van der Waals surface area contributed by atoms with E-state index in [1.54, 1.807) is 12.1 Å². The zero-order valence-corrected chi connectivity index (χ0v) is 19.4. The number of phenolic OH excluding ortho intramolecular Hbond substituents is 2. The molecule has 1 aliphatic carbocycles. The van der Waals surface area contributed by atoms with Crippen molar-refractivity contribution in [2.24, 2.45) is 0 Å². The molecule has 11 heteroatoms. The number of nitrogens with zero attached hydrogens (tertiary/aromatic N) is 1. The van der Waals surface area contributed by atoms with Crippen LogP contribution in [-0.4, -0.2) is 108 Å². The number of benzene rings is 2. The Morgan fingerprint density at radius 1 is 0.600 bits per heavy atom. The molecule has 0 heterocycles. The summed E-state index contributed by atoms with van der Waals surface area (Å²) < 4.78 is 0. The van der Waals surface area contributed by atoms with E-state index in [0.717, 1.165) is 0 Å². The lowest BCUT2D eigenvalue weighted by atomic mass is 9.81. The van der Waals surface area contributed by atoms with Crippen molar-refractivity contribution < 1.29 is 35.1 Å². The lowest BCUT2D eigenvalue weighted by Gasteiger charge is -2.26. The Balaban J connectivity index is 1.95. The zero-order chi connectivity index (χ0) is 25.4. The van der Waals surface area contributed by atoms with Crippen LogP contribution in [0.2, 0.25) is 0 Å². The number of fused-ring (bicyclic) bond motifs is 2. The van der Waals surface area contributed by atoms with Gasteiger partial charge in [0.15, 0.2) is 0 Å². The zero-order valence-electron chi connectivity index (χ0n) is 19.4. The quantitative estimate of drug-likeness (QED) is 0.109. The second-order valence-corrected chi connectivity index (χ2v) is 8.04. The minimum absolute atomic E-state index is 0.00363. The highest BCUT2D eigenvalue weighted by molar-refractivity contribution is 6.33. The topological polar surface area (TPSA) is 175 Å². The molecule has 11 nitrogen and oxygen atoms in total. The third-order valence-electron chi connectivity index (χ3n) is 5.76. The van der Waals surface area contributed by atoms with Gasteiger partial charge in [-0.3, -0.25) is 14.5 Å². The number of hydrogen-bond donors (Lipinski definition) is 8. The van der Waals surface area contributed by atoms with E-state index in [0.29, 0.717) is 57.2 Å². The number of carbonyl (C=O) groups excluding carboxylic acids is 2. The molecule has 8 N–H and O–H groups in total. The second kappa shape index (κ2) is 12.5. The van der Waals surface area contributed by atoms with Crippen molar-refractivity contribution in [1.29, 1.82) is 0 Å². The van der Waals surface area contributed by atoms with E-state index in [4.69, 9.17) is 5.11 Å². The fourth-order valence-corrected chi connectivity index (χ4v) is 4.12. The summed E-state index contributed by atoms with van der Waals surface area (Å²) in [6, 6.07) is 5.69. The first-order valence-corrected chi connectivity index (χ1v) is 11.5. The van der Waals surface area contributed by atoms with Gasteiger partial charge in [-0.1, -0.05) is 0 Å². The van der Waals surface area contributed by atoms with E-state index in [2.05, 4.69) is 16.0 Å². The molecule has 0 amide bonds. The van der Waals surface area contributed by atoms with Gasteiger partial charge in [-0.05, 0) is 24.3 Å². The highest BCUT2D eigenvalue weighted by Crippen LogP contribution is 2.42. The molecule has 0 spiro atoms. The number of aliphatic hydroxyl groups excluding tert-OH is 3. The molecule has 0 aliphatic heterocycles. The van der Waals surface area contributed by atoms with E-state index in [1.165, 1.54) is 12.1 Å². The fourth-order valence-electron chi connectivity index (χ4n) is 4.12. The number of ketones is 2. The molecule has 35 heavy (non-hydrogen) atoms. The maximum Gasteiger partial charge on any atom is 0.200 e. The predicted octanol–water partition coefficient (Wildman–Crippen LogP) is -0.434. The van der Waals surface area contributed by atoms with Gasteiger partial charge in [0, 0.05) is 57.2 Å². The van der Waals surface area contributed by atoms with Gasteiger partial charge in [0.05, 0.1) is 42.1 Å². The molecule has 0 saturated carbocycles. The number of phenols is 2. The molecule has 190 valence electrons. The van der Waals surface area contributed by atoms with Gasteiger partial charge in [-0.25, -0.2) is 0 Å².